The molecule has 0 fully saturated rings. The Balaban J connectivity index is 1.64. The van der Waals surface area contributed by atoms with Crippen molar-refractivity contribution in [1.82, 2.24) is 24.8 Å². The Kier molecular flexibility index (Phi) is 7.85. The van der Waals surface area contributed by atoms with Crippen molar-refractivity contribution in [2.45, 2.75) is 81.1 Å². The number of aliphatic imine (C=N–C) groups is 3. The number of nitrogens with one attached hydrogen (secondary N) is 2. The highest BCUT2D eigenvalue weighted by atomic mass is 15.3. The summed E-state index contributed by atoms with van der Waals surface area (Å²) < 4.78 is 2.08. The number of hydrogen-bond acceptors (Lipinski definition) is 6. The van der Waals surface area contributed by atoms with E-state index in [4.69, 9.17) is 20.0 Å². The molecule has 8 bridgehead atoms. The summed E-state index contributed by atoms with van der Waals surface area (Å²) in [5, 5.41) is 3.54. The fraction of sp³-hybridized carbons (Fsp3) is 0.350. The van der Waals surface area contributed by atoms with Crippen LogP contribution >= 0.6 is 0 Å². The number of aromatic amines is 1. The van der Waals surface area contributed by atoms with Crippen LogP contribution in [-0.2, 0) is 13.5 Å². The Morgan fingerprint density at radius 3 is 1.94 bits per heavy atom. The fourth-order valence-corrected chi connectivity index (χ4v) is 7.93. The van der Waals surface area contributed by atoms with Crippen molar-refractivity contribution in [2.75, 3.05) is 7.05 Å². The molecule has 2 aromatic heterocycles. The molecular weight excluding hydrogens is 592 g/mol. The first kappa shape index (κ1) is 31.6. The molecule has 0 unspecified atom stereocenters. The summed E-state index contributed by atoms with van der Waals surface area (Å²) >= 11 is 0. The summed E-state index contributed by atoms with van der Waals surface area (Å²) in [4.78, 5) is 27.3. The molecule has 246 valence electrons. The van der Waals surface area contributed by atoms with Crippen LogP contribution in [0.15, 0.2) is 102 Å². The number of aromatic nitrogens is 3. The van der Waals surface area contributed by atoms with E-state index in [2.05, 4.69) is 101 Å². The van der Waals surface area contributed by atoms with Gasteiger partial charge in [0.15, 0.2) is 0 Å². The molecule has 0 radical (unpaired) electrons. The number of H-pyrrole nitrogens is 1. The third kappa shape index (κ3) is 4.64. The molecule has 7 heterocycles. The second kappa shape index (κ2) is 11.9. The van der Waals surface area contributed by atoms with Gasteiger partial charge in [0, 0.05) is 44.6 Å². The second-order valence-corrected chi connectivity index (χ2v) is 13.1. The van der Waals surface area contributed by atoms with Gasteiger partial charge in [-0.1, -0.05) is 27.7 Å². The van der Waals surface area contributed by atoms with Crippen LogP contribution in [0.4, 0.5) is 0 Å². The van der Waals surface area contributed by atoms with Crippen LogP contribution in [0.3, 0.4) is 0 Å². The van der Waals surface area contributed by atoms with Crippen LogP contribution < -0.4 is 5.32 Å². The summed E-state index contributed by atoms with van der Waals surface area (Å²) in [6.45, 7) is 17.7. The van der Waals surface area contributed by atoms with Crippen LogP contribution in [0.1, 0.15) is 96.1 Å². The molecule has 0 amide bonds. The fourth-order valence-electron chi connectivity index (χ4n) is 7.93. The third-order valence-electron chi connectivity index (χ3n) is 10.5. The lowest BCUT2D eigenvalue weighted by Gasteiger charge is -2.19. The summed E-state index contributed by atoms with van der Waals surface area (Å²) in [6, 6.07) is 0. The van der Waals surface area contributed by atoms with Gasteiger partial charge in [0.25, 0.3) is 0 Å². The molecule has 8 nitrogen and oxygen atoms in total. The lowest BCUT2D eigenvalue weighted by atomic mass is 9.93. The lowest BCUT2D eigenvalue weighted by Crippen LogP contribution is -2.20. The topological polar surface area (TPSA) is 86.0 Å². The summed E-state index contributed by atoms with van der Waals surface area (Å²) in [6.07, 6.45) is 15.9. The van der Waals surface area contributed by atoms with Crippen LogP contribution in [-0.4, -0.2) is 43.6 Å². The van der Waals surface area contributed by atoms with Crippen LogP contribution in [0, 0.1) is 6.92 Å². The average molecular weight is 639 g/mol. The molecule has 0 atom stereocenters. The Morgan fingerprint density at radius 1 is 0.729 bits per heavy atom. The van der Waals surface area contributed by atoms with Crippen LogP contribution in [0.2, 0.25) is 0 Å². The van der Waals surface area contributed by atoms with Gasteiger partial charge >= 0.3 is 0 Å². The van der Waals surface area contributed by atoms with Gasteiger partial charge in [0.2, 0.25) is 0 Å². The van der Waals surface area contributed by atoms with Gasteiger partial charge in [-0.15, -0.1) is 0 Å². The predicted octanol–water partition coefficient (Wildman–Crippen LogP) is 8.49. The standard InChI is InChI=1S/C40H46N8/c1-11-25-21(5)35-33(39-41-15-17-47(39)9)36-23(7)27(13-3)31(45-36)20-32-28(14-4)24(8)38(46-32)34(40-42-16-18-48(40)10)37-22(6)26(12-2)30(44-37)19-29(25)43-35/h15-20,41,43H,11-14H2,1-10H3/b30-19?,31-20?,38-34?,39-33-. The van der Waals surface area contributed by atoms with Crippen LogP contribution in [0.25, 0.3) is 17.2 Å². The maximum Gasteiger partial charge on any atom is 0.144 e. The third-order valence-corrected chi connectivity index (χ3v) is 10.5. The van der Waals surface area contributed by atoms with Crippen molar-refractivity contribution in [3.63, 3.8) is 0 Å². The highest BCUT2D eigenvalue weighted by Crippen LogP contribution is 2.43. The normalized spacial score (nSPS) is 20.7. The Hall–Kier alpha value is -4.98. The van der Waals surface area contributed by atoms with E-state index in [9.17, 15) is 0 Å². The minimum absolute atomic E-state index is 0.860. The van der Waals surface area contributed by atoms with Gasteiger partial charge in [0.1, 0.15) is 11.6 Å². The van der Waals surface area contributed by atoms with Crippen molar-refractivity contribution in [3.8, 4) is 0 Å². The highest BCUT2D eigenvalue weighted by molar-refractivity contribution is 6.36. The maximum atomic E-state index is 5.46. The van der Waals surface area contributed by atoms with Gasteiger partial charge in [-0.2, -0.15) is 0 Å². The number of nitrogens with zero attached hydrogens (tertiary/aromatic N) is 6. The number of hydrogen-bond donors (Lipinski definition) is 2. The summed E-state index contributed by atoms with van der Waals surface area (Å²) in [7, 11) is 4.14. The number of allylic oxidation sites excluding steroid dienone is 9. The molecule has 0 saturated heterocycles. The van der Waals surface area contributed by atoms with Crippen molar-refractivity contribution < 1.29 is 0 Å². The summed E-state index contributed by atoms with van der Waals surface area (Å²) in [5.74, 6) is 1.88. The quantitative estimate of drug-likeness (QED) is 0.344. The molecule has 5 aliphatic rings. The molecule has 0 spiro atoms. The monoisotopic (exact) mass is 638 g/mol. The number of aryl methyl sites for hydroxylation is 1. The van der Waals surface area contributed by atoms with Crippen molar-refractivity contribution in [2.24, 2.45) is 22.0 Å². The van der Waals surface area contributed by atoms with E-state index in [1.807, 2.05) is 25.6 Å². The molecule has 0 aromatic carbocycles. The first-order chi connectivity index (χ1) is 23.1. The van der Waals surface area contributed by atoms with Crippen molar-refractivity contribution in [3.05, 3.63) is 116 Å². The lowest BCUT2D eigenvalue weighted by molar-refractivity contribution is 0.574. The Bertz CT molecular complexity index is 2130. The van der Waals surface area contributed by atoms with Gasteiger partial charge in [-0.05, 0) is 110 Å². The van der Waals surface area contributed by atoms with E-state index in [1.54, 1.807) is 0 Å². The van der Waals surface area contributed by atoms with Gasteiger partial charge in [-0.25, -0.2) is 20.0 Å². The smallest absolute Gasteiger partial charge is 0.144 e. The Labute approximate surface area is 284 Å². The molecule has 2 aromatic rings. The molecule has 0 aliphatic carbocycles. The van der Waals surface area contributed by atoms with Gasteiger partial charge < -0.3 is 19.8 Å². The van der Waals surface area contributed by atoms with E-state index in [0.717, 1.165) is 94.1 Å². The maximum absolute atomic E-state index is 5.46. The van der Waals surface area contributed by atoms with E-state index in [0.29, 0.717) is 0 Å². The summed E-state index contributed by atoms with van der Waals surface area (Å²) in [5.41, 5.74) is 19.8. The average Bonchev–Trinajstić information content (AvgIpc) is 3.90. The number of imidazole rings is 1. The molecule has 7 rings (SSSR count). The molecule has 0 saturated carbocycles. The first-order valence-electron chi connectivity index (χ1n) is 17.3. The van der Waals surface area contributed by atoms with E-state index in [1.165, 1.54) is 44.6 Å². The number of rotatable bonds is 5. The zero-order chi connectivity index (χ0) is 34.0. The zero-order valence-corrected chi connectivity index (χ0v) is 30.0. The molecular formula is C40H46N8. The van der Waals surface area contributed by atoms with E-state index < -0.39 is 0 Å². The van der Waals surface area contributed by atoms with E-state index in [-0.39, 0.29) is 0 Å². The SMILES string of the molecule is CCC1=C(C)C2=NC1=Cc1[nH]c(c(C)c1CC)/C(=C1\NC=CN1C)C1=NC(=CC3=NC(=C2c2nccn2C)C(C)=C3CC)C(CC)=C1C. The molecule has 2 N–H and O–H groups in total. The minimum atomic E-state index is 0.860. The molecule has 48 heavy (non-hydrogen) atoms. The van der Waals surface area contributed by atoms with E-state index >= 15 is 0 Å². The molecule has 5 aliphatic heterocycles. The predicted molar refractivity (Wildman–Crippen MR) is 199 cm³/mol. The number of fused-ring (bicyclic) bond motifs is 5. The second-order valence-electron chi connectivity index (χ2n) is 13.1. The minimum Gasteiger partial charge on any atom is -0.354 e. The van der Waals surface area contributed by atoms with Crippen molar-refractivity contribution in [1.29, 1.82) is 0 Å². The van der Waals surface area contributed by atoms with Crippen LogP contribution in [0.5, 0.6) is 0 Å². The molecule has 8 heteroatoms. The van der Waals surface area contributed by atoms with Gasteiger partial charge in [-0.3, -0.25) is 0 Å². The highest BCUT2D eigenvalue weighted by Gasteiger charge is 2.34. The zero-order valence-electron chi connectivity index (χ0n) is 30.0. The first-order valence-corrected chi connectivity index (χ1v) is 17.3. The van der Waals surface area contributed by atoms with Crippen molar-refractivity contribution >= 4 is 34.4 Å². The van der Waals surface area contributed by atoms with Gasteiger partial charge in [0.05, 0.1) is 51.1 Å². The largest absolute Gasteiger partial charge is 0.354 e. The Morgan fingerprint density at radius 2 is 1.38 bits per heavy atom.